The van der Waals surface area contributed by atoms with Crippen LogP contribution in [0.5, 0.6) is 5.75 Å². The van der Waals surface area contributed by atoms with Crippen LogP contribution in [0, 0.1) is 25.2 Å². The summed E-state index contributed by atoms with van der Waals surface area (Å²) in [4.78, 5) is 13.3. The number of pyridine rings is 1. The first-order valence-electron chi connectivity index (χ1n) is 10.8. The van der Waals surface area contributed by atoms with Gasteiger partial charge in [0.25, 0.3) is 5.56 Å². The number of benzene rings is 3. The molecule has 0 radical (unpaired) electrons. The van der Waals surface area contributed by atoms with Gasteiger partial charge >= 0.3 is 6.18 Å². The molecular formula is C28H21F3N2O2. The van der Waals surface area contributed by atoms with E-state index in [0.29, 0.717) is 16.7 Å². The van der Waals surface area contributed by atoms with Gasteiger partial charge in [-0.25, -0.2) is 0 Å². The van der Waals surface area contributed by atoms with Crippen molar-refractivity contribution in [1.82, 2.24) is 4.57 Å². The summed E-state index contributed by atoms with van der Waals surface area (Å²) in [6.07, 6.45) is -4.87. The molecule has 4 nitrogen and oxygen atoms in total. The molecule has 0 unspecified atom stereocenters. The van der Waals surface area contributed by atoms with Crippen LogP contribution >= 0.6 is 0 Å². The van der Waals surface area contributed by atoms with E-state index in [4.69, 9.17) is 0 Å². The second-order valence-corrected chi connectivity index (χ2v) is 8.38. The quantitative estimate of drug-likeness (QED) is 0.370. The first kappa shape index (κ1) is 23.8. The Hall–Kier alpha value is -4.31. The number of aromatic hydroxyl groups is 1. The van der Waals surface area contributed by atoms with Gasteiger partial charge in [0.05, 0.1) is 17.8 Å². The zero-order valence-electron chi connectivity index (χ0n) is 19.0. The molecule has 35 heavy (non-hydrogen) atoms. The molecule has 0 aliphatic heterocycles. The molecule has 0 fully saturated rings. The fourth-order valence-electron chi connectivity index (χ4n) is 4.11. The zero-order chi connectivity index (χ0) is 25.3. The molecule has 7 heteroatoms. The Labute approximate surface area is 200 Å². The Bertz CT molecular complexity index is 1530. The van der Waals surface area contributed by atoms with Crippen molar-refractivity contribution >= 4 is 0 Å². The van der Waals surface area contributed by atoms with Gasteiger partial charge in [0.1, 0.15) is 17.4 Å². The number of halogens is 3. The Balaban J connectivity index is 1.98. The van der Waals surface area contributed by atoms with Crippen molar-refractivity contribution < 1.29 is 18.3 Å². The fraction of sp³-hybridized carbons (Fsp3) is 0.143. The van der Waals surface area contributed by atoms with Gasteiger partial charge in [-0.1, -0.05) is 54.1 Å². The Morgan fingerprint density at radius 3 is 2.20 bits per heavy atom. The van der Waals surface area contributed by atoms with Gasteiger partial charge in [-0.15, -0.1) is 0 Å². The first-order chi connectivity index (χ1) is 16.6. The highest BCUT2D eigenvalue weighted by Crippen LogP contribution is 2.35. The van der Waals surface area contributed by atoms with Gasteiger partial charge in [0.2, 0.25) is 0 Å². The summed E-state index contributed by atoms with van der Waals surface area (Å²) in [6, 6.07) is 21.2. The number of alkyl halides is 3. The Morgan fingerprint density at radius 1 is 0.914 bits per heavy atom. The van der Waals surface area contributed by atoms with E-state index in [1.54, 1.807) is 42.5 Å². The second-order valence-electron chi connectivity index (χ2n) is 8.38. The lowest BCUT2D eigenvalue weighted by Gasteiger charge is -2.19. The van der Waals surface area contributed by atoms with Crippen molar-refractivity contribution in [2.24, 2.45) is 0 Å². The predicted octanol–water partition coefficient (Wildman–Crippen LogP) is 6.44. The van der Waals surface area contributed by atoms with Crippen molar-refractivity contribution in [3.8, 4) is 34.2 Å². The maximum absolute atomic E-state index is 13.8. The summed E-state index contributed by atoms with van der Waals surface area (Å²) in [5, 5.41) is 19.3. The van der Waals surface area contributed by atoms with Crippen molar-refractivity contribution in [2.75, 3.05) is 0 Å². The number of aryl methyl sites for hydroxylation is 2. The number of phenolic OH excluding ortho intramolecular Hbond substituents is 1. The summed E-state index contributed by atoms with van der Waals surface area (Å²) >= 11 is 0. The van der Waals surface area contributed by atoms with Crippen LogP contribution in [0.1, 0.15) is 27.8 Å². The number of aromatic nitrogens is 1. The van der Waals surface area contributed by atoms with Gasteiger partial charge < -0.3 is 9.67 Å². The third kappa shape index (κ3) is 4.82. The lowest BCUT2D eigenvalue weighted by atomic mass is 9.98. The first-order valence-corrected chi connectivity index (χ1v) is 10.8. The summed E-state index contributed by atoms with van der Waals surface area (Å²) in [5.41, 5.74) is 1.20. The van der Waals surface area contributed by atoms with Crippen LogP contribution in [0.4, 0.5) is 13.2 Å². The van der Waals surface area contributed by atoms with Crippen molar-refractivity contribution in [1.29, 1.82) is 5.26 Å². The molecule has 1 N–H and O–H groups in total. The van der Waals surface area contributed by atoms with Crippen LogP contribution in [-0.2, 0) is 12.7 Å². The molecule has 0 amide bonds. The van der Waals surface area contributed by atoms with Crippen molar-refractivity contribution in [3.05, 3.63) is 111 Å². The standard InChI is InChI=1S/C28H21F3N2O2/c1-17-9-10-22(18(2)11-17)16-33-26(14-25(28(29,30)31)24(15-32)27(33)35)21-7-3-5-19(12-21)20-6-4-8-23(34)13-20/h3-14,34H,16H2,1-2H3. The van der Waals surface area contributed by atoms with Gasteiger partial charge in [0.15, 0.2) is 0 Å². The topological polar surface area (TPSA) is 66.0 Å². The lowest BCUT2D eigenvalue weighted by Crippen LogP contribution is -2.29. The highest BCUT2D eigenvalue weighted by atomic mass is 19.4. The highest BCUT2D eigenvalue weighted by Gasteiger charge is 2.36. The van der Waals surface area contributed by atoms with E-state index < -0.39 is 22.9 Å². The lowest BCUT2D eigenvalue weighted by molar-refractivity contribution is -0.137. The molecular weight excluding hydrogens is 453 g/mol. The SMILES string of the molecule is Cc1ccc(Cn2c(-c3cccc(-c4cccc(O)c4)c3)cc(C(F)(F)F)c(C#N)c2=O)c(C)c1. The smallest absolute Gasteiger partial charge is 0.417 e. The molecule has 176 valence electrons. The third-order valence-corrected chi connectivity index (χ3v) is 5.88. The van der Waals surface area contributed by atoms with Crippen LogP contribution in [0.25, 0.3) is 22.4 Å². The van der Waals surface area contributed by atoms with Gasteiger partial charge in [-0.3, -0.25) is 4.79 Å². The molecule has 4 rings (SSSR count). The van der Waals surface area contributed by atoms with Gasteiger partial charge in [0, 0.05) is 0 Å². The second kappa shape index (κ2) is 9.15. The number of rotatable bonds is 4. The van der Waals surface area contributed by atoms with Gasteiger partial charge in [-0.05, 0) is 65.9 Å². The van der Waals surface area contributed by atoms with Gasteiger partial charge in [-0.2, -0.15) is 18.4 Å². The monoisotopic (exact) mass is 474 g/mol. The predicted molar refractivity (Wildman–Crippen MR) is 128 cm³/mol. The molecule has 0 bridgehead atoms. The zero-order valence-corrected chi connectivity index (χ0v) is 19.0. The molecule has 1 aromatic heterocycles. The number of nitriles is 1. The minimum atomic E-state index is -4.87. The van der Waals surface area contributed by atoms with Crippen molar-refractivity contribution in [3.63, 3.8) is 0 Å². The molecule has 0 saturated heterocycles. The van der Waals surface area contributed by atoms with Crippen LogP contribution in [0.3, 0.4) is 0 Å². The summed E-state index contributed by atoms with van der Waals surface area (Å²) in [7, 11) is 0. The van der Waals surface area contributed by atoms with E-state index in [1.165, 1.54) is 16.7 Å². The molecule has 4 aromatic rings. The third-order valence-electron chi connectivity index (χ3n) is 5.88. The largest absolute Gasteiger partial charge is 0.508 e. The average molecular weight is 474 g/mol. The van der Waals surface area contributed by atoms with E-state index in [1.807, 2.05) is 32.0 Å². The fourth-order valence-corrected chi connectivity index (χ4v) is 4.11. The normalized spacial score (nSPS) is 11.3. The maximum Gasteiger partial charge on any atom is 0.417 e. The number of hydrogen-bond donors (Lipinski definition) is 1. The van der Waals surface area contributed by atoms with Crippen molar-refractivity contribution in [2.45, 2.75) is 26.6 Å². The molecule has 0 atom stereocenters. The van der Waals surface area contributed by atoms with E-state index in [2.05, 4.69) is 0 Å². The minimum Gasteiger partial charge on any atom is -0.508 e. The molecule has 0 saturated carbocycles. The summed E-state index contributed by atoms with van der Waals surface area (Å²) in [6.45, 7) is 3.79. The van der Waals surface area contributed by atoms with E-state index in [-0.39, 0.29) is 18.0 Å². The molecule has 3 aromatic carbocycles. The van der Waals surface area contributed by atoms with Crippen LogP contribution < -0.4 is 5.56 Å². The number of hydrogen-bond acceptors (Lipinski definition) is 3. The molecule has 0 aliphatic rings. The Morgan fingerprint density at radius 2 is 1.57 bits per heavy atom. The highest BCUT2D eigenvalue weighted by molar-refractivity contribution is 5.73. The minimum absolute atomic E-state index is 0.00342. The van der Waals surface area contributed by atoms with E-state index in [9.17, 15) is 28.3 Å². The van der Waals surface area contributed by atoms with E-state index >= 15 is 0 Å². The van der Waals surface area contributed by atoms with Crippen LogP contribution in [0.15, 0.2) is 77.6 Å². The maximum atomic E-state index is 13.8. The van der Waals surface area contributed by atoms with Crippen LogP contribution in [0.2, 0.25) is 0 Å². The summed E-state index contributed by atoms with van der Waals surface area (Å²) in [5.74, 6) is 0.0531. The molecule has 0 aliphatic carbocycles. The number of nitrogens with zero attached hydrogens (tertiary/aromatic N) is 2. The summed E-state index contributed by atoms with van der Waals surface area (Å²) < 4.78 is 42.7. The Kier molecular flexibility index (Phi) is 6.23. The van der Waals surface area contributed by atoms with E-state index in [0.717, 1.165) is 22.8 Å². The average Bonchev–Trinajstić information content (AvgIpc) is 2.81. The molecule has 0 spiro atoms. The number of phenols is 1. The van der Waals surface area contributed by atoms with Crippen LogP contribution in [-0.4, -0.2) is 9.67 Å². The molecule has 1 heterocycles.